The van der Waals surface area contributed by atoms with Gasteiger partial charge in [-0.3, -0.25) is 4.79 Å². The summed E-state index contributed by atoms with van der Waals surface area (Å²) in [4.78, 5) is 24.7. The van der Waals surface area contributed by atoms with Gasteiger partial charge in [0, 0.05) is 26.5 Å². The van der Waals surface area contributed by atoms with Crippen LogP contribution >= 0.6 is 38.9 Å². The number of methoxy groups -OCH3 is 1. The van der Waals surface area contributed by atoms with Crippen LogP contribution in [-0.2, 0) is 9.53 Å². The zero-order valence-corrected chi connectivity index (χ0v) is 17.9. The third kappa shape index (κ3) is 4.70. The summed E-state index contributed by atoms with van der Waals surface area (Å²) in [5, 5.41) is 5.56. The van der Waals surface area contributed by atoms with Crippen molar-refractivity contribution in [1.29, 1.82) is 0 Å². The van der Waals surface area contributed by atoms with Crippen LogP contribution in [0.1, 0.15) is 15.9 Å². The van der Waals surface area contributed by atoms with E-state index in [-0.39, 0.29) is 5.91 Å². The number of anilines is 1. The maximum absolute atomic E-state index is 12.4. The highest BCUT2D eigenvalue weighted by Crippen LogP contribution is 2.36. The van der Waals surface area contributed by atoms with E-state index >= 15 is 0 Å². The zero-order valence-electron chi connectivity index (χ0n) is 14.7. The molecule has 1 amide bonds. The number of carbonyl (C=O) groups excluding carboxylic acids is 2. The molecule has 0 aliphatic carbocycles. The molecule has 1 N–H and O–H groups in total. The Morgan fingerprint density at radius 1 is 1.14 bits per heavy atom. The third-order valence-electron chi connectivity index (χ3n) is 3.89. The Morgan fingerprint density at radius 2 is 1.86 bits per heavy atom. The van der Waals surface area contributed by atoms with Gasteiger partial charge in [-0.25, -0.2) is 4.79 Å². The highest BCUT2D eigenvalue weighted by Gasteiger charge is 2.21. The summed E-state index contributed by atoms with van der Waals surface area (Å²) >= 11 is 10.8. The molecule has 3 rings (SSSR count). The van der Waals surface area contributed by atoms with Crippen LogP contribution in [0.5, 0.6) is 0 Å². The first-order valence-electron chi connectivity index (χ1n) is 8.19. The Kier molecular flexibility index (Phi) is 6.67. The molecule has 2 aromatic carbocycles. The molecule has 0 saturated heterocycles. The van der Waals surface area contributed by atoms with E-state index in [1.54, 1.807) is 12.1 Å². The fourth-order valence-corrected chi connectivity index (χ4v) is 3.95. The first-order chi connectivity index (χ1) is 13.5. The molecule has 0 aliphatic rings. The van der Waals surface area contributed by atoms with Gasteiger partial charge in [0.05, 0.1) is 7.11 Å². The number of halogens is 2. The number of hydrogen-bond donors (Lipinski definition) is 1. The van der Waals surface area contributed by atoms with Gasteiger partial charge in [0.2, 0.25) is 5.91 Å². The van der Waals surface area contributed by atoms with Crippen LogP contribution in [0.2, 0.25) is 5.02 Å². The minimum atomic E-state index is -0.510. The van der Waals surface area contributed by atoms with Crippen LogP contribution in [0, 0.1) is 0 Å². The monoisotopic (exact) mass is 475 g/mol. The highest BCUT2D eigenvalue weighted by atomic mass is 79.9. The van der Waals surface area contributed by atoms with Crippen LogP contribution in [0.15, 0.2) is 64.5 Å². The number of esters is 1. The summed E-state index contributed by atoms with van der Waals surface area (Å²) in [5.41, 5.74) is 2.62. The molecule has 0 spiro atoms. The molecular formula is C21H15BrClNO3S. The average molecular weight is 477 g/mol. The summed E-state index contributed by atoms with van der Waals surface area (Å²) in [6, 6.07) is 14.8. The smallest absolute Gasteiger partial charge is 0.341 e. The van der Waals surface area contributed by atoms with Gasteiger partial charge in [0.25, 0.3) is 0 Å². The minimum Gasteiger partial charge on any atom is -0.465 e. The fourth-order valence-electron chi connectivity index (χ4n) is 2.53. The van der Waals surface area contributed by atoms with Crippen molar-refractivity contribution in [2.24, 2.45) is 0 Å². The van der Waals surface area contributed by atoms with E-state index in [1.807, 2.05) is 47.8 Å². The number of carbonyl (C=O) groups is 2. The Labute approximate surface area is 179 Å². The molecule has 28 heavy (non-hydrogen) atoms. The molecule has 7 heteroatoms. The van der Waals surface area contributed by atoms with Crippen molar-refractivity contribution in [3.8, 4) is 11.1 Å². The molecule has 0 saturated carbocycles. The van der Waals surface area contributed by atoms with E-state index in [2.05, 4.69) is 21.2 Å². The number of amides is 1. The van der Waals surface area contributed by atoms with Crippen LogP contribution in [-0.4, -0.2) is 19.0 Å². The Balaban J connectivity index is 1.87. The average Bonchev–Trinajstić information content (AvgIpc) is 3.10. The van der Waals surface area contributed by atoms with E-state index in [1.165, 1.54) is 24.5 Å². The van der Waals surface area contributed by atoms with Crippen LogP contribution in [0.25, 0.3) is 17.2 Å². The normalized spacial score (nSPS) is 10.8. The molecule has 142 valence electrons. The largest absolute Gasteiger partial charge is 0.465 e. The second-order valence-electron chi connectivity index (χ2n) is 5.70. The first kappa shape index (κ1) is 20.3. The van der Waals surface area contributed by atoms with Gasteiger partial charge < -0.3 is 10.1 Å². The molecule has 0 fully saturated rings. The van der Waals surface area contributed by atoms with Gasteiger partial charge in [-0.15, -0.1) is 11.3 Å². The van der Waals surface area contributed by atoms with E-state index in [0.29, 0.717) is 21.2 Å². The molecule has 0 radical (unpaired) electrons. The Morgan fingerprint density at radius 3 is 2.54 bits per heavy atom. The van der Waals surface area contributed by atoms with Gasteiger partial charge in [-0.2, -0.15) is 0 Å². The van der Waals surface area contributed by atoms with Crippen molar-refractivity contribution in [2.75, 3.05) is 12.4 Å². The van der Waals surface area contributed by atoms with Gasteiger partial charge in [0.1, 0.15) is 10.6 Å². The third-order valence-corrected chi connectivity index (χ3v) is 5.66. The predicted octanol–water partition coefficient (Wildman–Crippen LogP) is 6.27. The lowest BCUT2D eigenvalue weighted by atomic mass is 10.0. The molecule has 1 heterocycles. The van der Waals surface area contributed by atoms with E-state index < -0.39 is 5.97 Å². The molecule has 3 aromatic rings. The minimum absolute atomic E-state index is 0.328. The van der Waals surface area contributed by atoms with E-state index in [0.717, 1.165) is 15.6 Å². The first-order valence-corrected chi connectivity index (χ1v) is 10.2. The van der Waals surface area contributed by atoms with Crippen molar-refractivity contribution >= 4 is 61.8 Å². The predicted molar refractivity (Wildman–Crippen MR) is 118 cm³/mol. The van der Waals surface area contributed by atoms with Gasteiger partial charge in [-0.1, -0.05) is 57.9 Å². The van der Waals surface area contributed by atoms with E-state index in [9.17, 15) is 9.59 Å². The molecule has 0 unspecified atom stereocenters. The van der Waals surface area contributed by atoms with Crippen molar-refractivity contribution in [3.63, 3.8) is 0 Å². The number of hydrogen-bond acceptors (Lipinski definition) is 4. The number of ether oxygens (including phenoxy) is 1. The zero-order chi connectivity index (χ0) is 20.1. The molecular weight excluding hydrogens is 462 g/mol. The van der Waals surface area contributed by atoms with Gasteiger partial charge in [0.15, 0.2) is 0 Å². The number of rotatable bonds is 5. The summed E-state index contributed by atoms with van der Waals surface area (Å²) in [6.45, 7) is 0. The number of thiophene rings is 1. The van der Waals surface area contributed by atoms with E-state index in [4.69, 9.17) is 16.3 Å². The van der Waals surface area contributed by atoms with Crippen molar-refractivity contribution in [3.05, 3.63) is 80.6 Å². The number of nitrogens with one attached hydrogen (secondary N) is 1. The highest BCUT2D eigenvalue weighted by molar-refractivity contribution is 9.10. The SMILES string of the molecule is COC(=O)c1c(-c2ccc(Br)cc2)csc1NC(=O)/C=C/c1ccccc1Cl. The second kappa shape index (κ2) is 9.19. The van der Waals surface area contributed by atoms with Crippen LogP contribution < -0.4 is 5.32 Å². The number of benzene rings is 2. The van der Waals surface area contributed by atoms with Gasteiger partial charge >= 0.3 is 5.97 Å². The summed E-state index contributed by atoms with van der Waals surface area (Å²) in [6.07, 6.45) is 3.00. The standard InChI is InChI=1S/C21H15BrClNO3S/c1-27-21(26)19-16(13-6-9-15(22)10-7-13)12-28-20(19)24-18(25)11-8-14-4-2-3-5-17(14)23/h2-12H,1H3,(H,24,25)/b11-8+. The lowest BCUT2D eigenvalue weighted by Gasteiger charge is -2.07. The molecule has 0 atom stereocenters. The molecule has 4 nitrogen and oxygen atoms in total. The molecule has 0 aliphatic heterocycles. The maximum Gasteiger partial charge on any atom is 0.341 e. The lowest BCUT2D eigenvalue weighted by molar-refractivity contribution is -0.111. The quantitative estimate of drug-likeness (QED) is 0.349. The van der Waals surface area contributed by atoms with Crippen molar-refractivity contribution in [2.45, 2.75) is 0 Å². The lowest BCUT2D eigenvalue weighted by Crippen LogP contribution is -2.11. The Bertz CT molecular complexity index is 1040. The van der Waals surface area contributed by atoms with Crippen LogP contribution in [0.3, 0.4) is 0 Å². The fraction of sp³-hybridized carbons (Fsp3) is 0.0476. The van der Waals surface area contributed by atoms with Crippen molar-refractivity contribution in [1.82, 2.24) is 0 Å². The summed E-state index contributed by atoms with van der Waals surface area (Å²) in [7, 11) is 1.31. The van der Waals surface area contributed by atoms with Gasteiger partial charge in [-0.05, 0) is 35.4 Å². The summed E-state index contributed by atoms with van der Waals surface area (Å²) < 4.78 is 5.85. The van der Waals surface area contributed by atoms with Crippen LogP contribution in [0.4, 0.5) is 5.00 Å². The molecule has 1 aromatic heterocycles. The topological polar surface area (TPSA) is 55.4 Å². The summed E-state index contributed by atoms with van der Waals surface area (Å²) in [5.74, 6) is -0.876. The van der Waals surface area contributed by atoms with Crippen molar-refractivity contribution < 1.29 is 14.3 Å². The second-order valence-corrected chi connectivity index (χ2v) is 7.90. The Hall–Kier alpha value is -2.41. The molecule has 0 bridgehead atoms. The maximum atomic E-state index is 12.4.